The maximum Gasteiger partial charge on any atom is 0.137 e. The minimum absolute atomic E-state index is 0.890. The van der Waals surface area contributed by atoms with E-state index in [1.54, 1.807) is 0 Å². The fourth-order valence-electron chi connectivity index (χ4n) is 2.14. The van der Waals surface area contributed by atoms with Crippen LogP contribution in [0.25, 0.3) is 5.65 Å². The molecule has 90 valence electrons. The van der Waals surface area contributed by atoms with Crippen molar-refractivity contribution in [2.24, 2.45) is 0 Å². The van der Waals surface area contributed by atoms with Gasteiger partial charge in [0, 0.05) is 18.8 Å². The van der Waals surface area contributed by atoms with E-state index in [4.69, 9.17) is 0 Å². The third-order valence-electron chi connectivity index (χ3n) is 3.17. The van der Waals surface area contributed by atoms with E-state index in [2.05, 4.69) is 72.0 Å². The van der Waals surface area contributed by atoms with Gasteiger partial charge in [-0.2, -0.15) is 0 Å². The maximum absolute atomic E-state index is 4.65. The van der Waals surface area contributed by atoms with E-state index in [0.29, 0.717) is 0 Å². The van der Waals surface area contributed by atoms with Crippen LogP contribution in [0.2, 0.25) is 0 Å². The maximum atomic E-state index is 4.65. The molecule has 2 nitrogen and oxygen atoms in total. The molecule has 0 atom stereocenters. The van der Waals surface area contributed by atoms with Gasteiger partial charge in [-0.1, -0.05) is 29.8 Å². The zero-order chi connectivity index (χ0) is 12.5. The number of hydrogen-bond acceptors (Lipinski definition) is 1. The molecule has 0 amide bonds. The van der Waals surface area contributed by atoms with Crippen molar-refractivity contribution in [3.63, 3.8) is 0 Å². The third-order valence-corrected chi connectivity index (χ3v) is 3.17. The first-order valence-electron chi connectivity index (χ1n) is 6.20. The summed E-state index contributed by atoms with van der Waals surface area (Å²) in [4.78, 5) is 4.65. The summed E-state index contributed by atoms with van der Waals surface area (Å²) in [5, 5.41) is 0. The van der Waals surface area contributed by atoms with Crippen LogP contribution < -0.4 is 0 Å². The second-order valence-corrected chi connectivity index (χ2v) is 4.86. The zero-order valence-corrected chi connectivity index (χ0v) is 10.7. The number of aromatic nitrogens is 2. The molecule has 3 rings (SSSR count). The third kappa shape index (κ3) is 2.14. The molecule has 0 unspecified atom stereocenters. The Balaban J connectivity index is 1.92. The minimum atomic E-state index is 0.890. The first-order chi connectivity index (χ1) is 8.70. The Bertz CT molecular complexity index is 678. The van der Waals surface area contributed by atoms with Gasteiger partial charge in [-0.15, -0.1) is 0 Å². The van der Waals surface area contributed by atoms with Crippen molar-refractivity contribution < 1.29 is 0 Å². The standard InChI is InChI=1S/C16H16N2/c1-12-3-5-14(6-4-12)10-15-11-18-8-7-13(2)9-16(18)17-15/h3-9,11H,10H2,1-2H3. The van der Waals surface area contributed by atoms with Gasteiger partial charge in [0.05, 0.1) is 5.69 Å². The fraction of sp³-hybridized carbons (Fsp3) is 0.188. The van der Waals surface area contributed by atoms with Gasteiger partial charge in [0.2, 0.25) is 0 Å². The number of hydrogen-bond donors (Lipinski definition) is 0. The van der Waals surface area contributed by atoms with Gasteiger partial charge in [-0.05, 0) is 37.1 Å². The van der Waals surface area contributed by atoms with Crippen molar-refractivity contribution in [1.82, 2.24) is 9.38 Å². The predicted octanol–water partition coefficient (Wildman–Crippen LogP) is 3.54. The molecule has 0 aliphatic heterocycles. The molecule has 0 N–H and O–H groups in total. The largest absolute Gasteiger partial charge is 0.307 e. The lowest BCUT2D eigenvalue weighted by Crippen LogP contribution is -1.87. The number of benzene rings is 1. The van der Waals surface area contributed by atoms with Crippen molar-refractivity contribution in [3.05, 3.63) is 71.2 Å². The molecule has 0 saturated heterocycles. The van der Waals surface area contributed by atoms with Crippen LogP contribution in [0.4, 0.5) is 0 Å². The number of nitrogens with zero attached hydrogens (tertiary/aromatic N) is 2. The van der Waals surface area contributed by atoms with Gasteiger partial charge >= 0.3 is 0 Å². The highest BCUT2D eigenvalue weighted by Crippen LogP contribution is 2.12. The van der Waals surface area contributed by atoms with E-state index >= 15 is 0 Å². The van der Waals surface area contributed by atoms with E-state index < -0.39 is 0 Å². The van der Waals surface area contributed by atoms with Gasteiger partial charge in [0.15, 0.2) is 0 Å². The normalized spacial score (nSPS) is 11.0. The molecule has 0 aliphatic carbocycles. The molecule has 0 bridgehead atoms. The molecule has 0 fully saturated rings. The lowest BCUT2D eigenvalue weighted by molar-refractivity contribution is 1.11. The highest BCUT2D eigenvalue weighted by molar-refractivity contribution is 5.43. The molecule has 1 aromatic carbocycles. The quantitative estimate of drug-likeness (QED) is 0.665. The molecule has 0 aliphatic rings. The number of fused-ring (bicyclic) bond motifs is 1. The van der Waals surface area contributed by atoms with Crippen LogP contribution in [-0.2, 0) is 6.42 Å². The Labute approximate surface area is 107 Å². The van der Waals surface area contributed by atoms with Crippen LogP contribution in [0.3, 0.4) is 0 Å². The average molecular weight is 236 g/mol. The van der Waals surface area contributed by atoms with E-state index in [1.807, 2.05) is 0 Å². The Hall–Kier alpha value is -2.09. The van der Waals surface area contributed by atoms with Gasteiger partial charge in [0.1, 0.15) is 5.65 Å². The summed E-state index contributed by atoms with van der Waals surface area (Å²) < 4.78 is 2.08. The second kappa shape index (κ2) is 4.30. The first-order valence-corrected chi connectivity index (χ1v) is 6.20. The lowest BCUT2D eigenvalue weighted by Gasteiger charge is -1.98. The Morgan fingerprint density at radius 3 is 2.56 bits per heavy atom. The molecule has 0 radical (unpaired) electrons. The molecule has 2 aromatic heterocycles. The molecule has 0 spiro atoms. The smallest absolute Gasteiger partial charge is 0.137 e. The average Bonchev–Trinajstić information content (AvgIpc) is 2.73. The topological polar surface area (TPSA) is 17.3 Å². The second-order valence-electron chi connectivity index (χ2n) is 4.86. The molecular formula is C16H16N2. The number of rotatable bonds is 2. The summed E-state index contributed by atoms with van der Waals surface area (Å²) in [5.41, 5.74) is 5.99. The SMILES string of the molecule is Cc1ccc(Cc2cn3ccc(C)cc3n2)cc1. The fourth-order valence-corrected chi connectivity index (χ4v) is 2.14. The number of aryl methyl sites for hydroxylation is 2. The van der Waals surface area contributed by atoms with Crippen molar-refractivity contribution in [2.45, 2.75) is 20.3 Å². The minimum Gasteiger partial charge on any atom is -0.307 e. The summed E-state index contributed by atoms with van der Waals surface area (Å²) in [6, 6.07) is 12.8. The van der Waals surface area contributed by atoms with Crippen molar-refractivity contribution in [2.75, 3.05) is 0 Å². The number of imidazole rings is 1. The molecule has 18 heavy (non-hydrogen) atoms. The Kier molecular flexibility index (Phi) is 2.63. The Morgan fingerprint density at radius 2 is 1.78 bits per heavy atom. The van der Waals surface area contributed by atoms with Crippen LogP contribution in [0, 0.1) is 13.8 Å². The van der Waals surface area contributed by atoms with Crippen molar-refractivity contribution >= 4 is 5.65 Å². The summed E-state index contributed by atoms with van der Waals surface area (Å²) in [6.45, 7) is 4.20. The van der Waals surface area contributed by atoms with E-state index in [-0.39, 0.29) is 0 Å². The summed E-state index contributed by atoms with van der Waals surface area (Å²) in [7, 11) is 0. The molecular weight excluding hydrogens is 220 g/mol. The predicted molar refractivity (Wildman–Crippen MR) is 73.9 cm³/mol. The lowest BCUT2D eigenvalue weighted by atomic mass is 10.1. The summed E-state index contributed by atoms with van der Waals surface area (Å²) in [5.74, 6) is 0. The van der Waals surface area contributed by atoms with E-state index in [9.17, 15) is 0 Å². The highest BCUT2D eigenvalue weighted by Gasteiger charge is 2.02. The van der Waals surface area contributed by atoms with Crippen LogP contribution in [0.1, 0.15) is 22.4 Å². The number of pyridine rings is 1. The van der Waals surface area contributed by atoms with Gasteiger partial charge in [0.25, 0.3) is 0 Å². The van der Waals surface area contributed by atoms with Crippen LogP contribution >= 0.6 is 0 Å². The molecule has 0 saturated carbocycles. The van der Waals surface area contributed by atoms with Gasteiger partial charge < -0.3 is 4.40 Å². The van der Waals surface area contributed by atoms with Crippen LogP contribution in [0.15, 0.2) is 48.8 Å². The molecule has 2 heterocycles. The monoisotopic (exact) mass is 236 g/mol. The van der Waals surface area contributed by atoms with Crippen molar-refractivity contribution in [1.29, 1.82) is 0 Å². The summed E-state index contributed by atoms with van der Waals surface area (Å²) in [6.07, 6.45) is 5.06. The van der Waals surface area contributed by atoms with E-state index in [0.717, 1.165) is 17.8 Å². The highest BCUT2D eigenvalue weighted by atomic mass is 15.0. The van der Waals surface area contributed by atoms with Crippen LogP contribution in [0.5, 0.6) is 0 Å². The zero-order valence-electron chi connectivity index (χ0n) is 10.7. The van der Waals surface area contributed by atoms with E-state index in [1.165, 1.54) is 16.7 Å². The first kappa shape index (κ1) is 11.0. The van der Waals surface area contributed by atoms with Gasteiger partial charge in [-0.3, -0.25) is 0 Å². The Morgan fingerprint density at radius 1 is 1.00 bits per heavy atom. The molecule has 3 aromatic rings. The summed E-state index contributed by atoms with van der Waals surface area (Å²) >= 11 is 0. The van der Waals surface area contributed by atoms with Crippen LogP contribution in [-0.4, -0.2) is 9.38 Å². The van der Waals surface area contributed by atoms with Gasteiger partial charge in [-0.25, -0.2) is 4.98 Å². The van der Waals surface area contributed by atoms with Crippen molar-refractivity contribution in [3.8, 4) is 0 Å². The molecule has 2 heteroatoms.